The van der Waals surface area contributed by atoms with Gasteiger partial charge in [0.15, 0.2) is 0 Å². The second-order valence-electron chi connectivity index (χ2n) is 5.92. The maximum absolute atomic E-state index is 12.4. The van der Waals surface area contributed by atoms with E-state index in [1.54, 1.807) is 19.1 Å². The van der Waals surface area contributed by atoms with Crippen LogP contribution in [0.15, 0.2) is 53.1 Å². The second kappa shape index (κ2) is 7.21. The number of imide groups is 1. The summed E-state index contributed by atoms with van der Waals surface area (Å²) in [7, 11) is 0. The molecule has 2 N–H and O–H groups in total. The minimum atomic E-state index is -0.648. The van der Waals surface area contributed by atoms with Gasteiger partial charge in [-0.25, -0.2) is 4.79 Å². The molecule has 3 rings (SSSR count). The van der Waals surface area contributed by atoms with Crippen LogP contribution in [0.3, 0.4) is 0 Å². The first-order valence-corrected chi connectivity index (χ1v) is 8.03. The van der Waals surface area contributed by atoms with Crippen molar-refractivity contribution in [2.75, 3.05) is 6.54 Å². The van der Waals surface area contributed by atoms with Gasteiger partial charge in [0.25, 0.3) is 5.91 Å². The number of carbonyl (C=O) groups is 3. The fourth-order valence-corrected chi connectivity index (χ4v) is 2.75. The number of carbonyl (C=O) groups excluding carboxylic acids is 3. The van der Waals surface area contributed by atoms with Crippen LogP contribution in [-0.4, -0.2) is 35.3 Å². The summed E-state index contributed by atoms with van der Waals surface area (Å²) in [6.45, 7) is 1.45. The number of nitrogens with one attached hydrogen (secondary N) is 2. The lowest BCUT2D eigenvalue weighted by molar-refractivity contribution is -0.132. The largest absolute Gasteiger partial charge is 0.467 e. The van der Waals surface area contributed by atoms with Crippen molar-refractivity contribution in [1.29, 1.82) is 0 Å². The third-order valence-corrected chi connectivity index (χ3v) is 4.04. The summed E-state index contributed by atoms with van der Waals surface area (Å²) in [5, 5.41) is 5.34. The van der Waals surface area contributed by atoms with Gasteiger partial charge in [-0.05, 0) is 24.6 Å². The van der Waals surface area contributed by atoms with Crippen LogP contribution in [0.25, 0.3) is 0 Å². The third-order valence-electron chi connectivity index (χ3n) is 4.04. The highest BCUT2D eigenvalue weighted by Crippen LogP contribution is 2.14. The molecule has 2 heterocycles. The summed E-state index contributed by atoms with van der Waals surface area (Å²) in [5.41, 5.74) is 0.943. The summed E-state index contributed by atoms with van der Waals surface area (Å²) in [6, 6.07) is 11.3. The molecule has 0 spiro atoms. The normalized spacial score (nSPS) is 18.1. The number of nitrogens with zero attached hydrogens (tertiary/aromatic N) is 1. The molecule has 1 aromatic heterocycles. The van der Waals surface area contributed by atoms with Gasteiger partial charge in [-0.2, -0.15) is 0 Å². The Bertz CT molecular complexity index is 758. The molecule has 1 aliphatic rings. The Kier molecular flexibility index (Phi) is 4.83. The Hall–Kier alpha value is -3.09. The molecule has 0 saturated carbocycles. The number of rotatable bonds is 6. The summed E-state index contributed by atoms with van der Waals surface area (Å²) in [4.78, 5) is 37.5. The van der Waals surface area contributed by atoms with Crippen LogP contribution in [0.1, 0.15) is 24.3 Å². The summed E-state index contributed by atoms with van der Waals surface area (Å²) in [6.07, 6.45) is 1.91. The van der Waals surface area contributed by atoms with Gasteiger partial charge in [0.1, 0.15) is 18.3 Å². The molecule has 0 bridgehead atoms. The van der Waals surface area contributed by atoms with E-state index in [0.717, 1.165) is 10.5 Å². The summed E-state index contributed by atoms with van der Waals surface area (Å²) < 4.78 is 5.22. The van der Waals surface area contributed by atoms with Crippen LogP contribution >= 0.6 is 0 Å². The lowest BCUT2D eigenvalue weighted by atomic mass is 10.1. The number of benzene rings is 1. The van der Waals surface area contributed by atoms with Crippen molar-refractivity contribution in [2.45, 2.75) is 25.4 Å². The molecule has 2 unspecified atom stereocenters. The molecule has 130 valence electrons. The first-order valence-electron chi connectivity index (χ1n) is 8.03. The fraction of sp³-hybridized carbons (Fsp3) is 0.278. The van der Waals surface area contributed by atoms with Crippen LogP contribution in [-0.2, 0) is 16.0 Å². The molecule has 2 aromatic rings. The van der Waals surface area contributed by atoms with Gasteiger partial charge >= 0.3 is 6.03 Å². The molecule has 1 aliphatic heterocycles. The molecule has 7 nitrogen and oxygen atoms in total. The molecular formula is C18H19N3O4. The van der Waals surface area contributed by atoms with Crippen molar-refractivity contribution in [3.8, 4) is 0 Å². The molecule has 7 heteroatoms. The Balaban J connectivity index is 1.58. The highest BCUT2D eigenvalue weighted by atomic mass is 16.3. The van der Waals surface area contributed by atoms with Crippen molar-refractivity contribution in [3.05, 3.63) is 60.1 Å². The number of furan rings is 1. The summed E-state index contributed by atoms with van der Waals surface area (Å²) in [5.74, 6) is -0.213. The monoisotopic (exact) mass is 341 g/mol. The van der Waals surface area contributed by atoms with Crippen molar-refractivity contribution >= 4 is 17.8 Å². The van der Waals surface area contributed by atoms with Gasteiger partial charge in [-0.3, -0.25) is 14.5 Å². The quantitative estimate of drug-likeness (QED) is 0.781. The van der Waals surface area contributed by atoms with Gasteiger partial charge in [-0.1, -0.05) is 30.3 Å². The Morgan fingerprint density at radius 1 is 1.24 bits per heavy atom. The lowest BCUT2D eigenvalue weighted by Gasteiger charge is -2.15. The molecule has 0 aliphatic carbocycles. The predicted molar refractivity (Wildman–Crippen MR) is 89.4 cm³/mol. The smallest absolute Gasteiger partial charge is 0.325 e. The van der Waals surface area contributed by atoms with Crippen molar-refractivity contribution in [1.82, 2.24) is 15.5 Å². The third kappa shape index (κ3) is 3.88. The molecule has 1 saturated heterocycles. The minimum absolute atomic E-state index is 0.318. The zero-order valence-corrected chi connectivity index (χ0v) is 13.8. The molecule has 2 atom stereocenters. The maximum Gasteiger partial charge on any atom is 0.325 e. The van der Waals surface area contributed by atoms with Crippen molar-refractivity contribution in [3.63, 3.8) is 0 Å². The second-order valence-corrected chi connectivity index (χ2v) is 5.92. The Morgan fingerprint density at radius 3 is 2.68 bits per heavy atom. The van der Waals surface area contributed by atoms with E-state index in [2.05, 4.69) is 10.6 Å². The number of hydrogen-bond acceptors (Lipinski definition) is 4. The van der Waals surface area contributed by atoms with Gasteiger partial charge in [0.2, 0.25) is 5.91 Å². The Labute approximate surface area is 145 Å². The van der Waals surface area contributed by atoms with E-state index in [4.69, 9.17) is 4.42 Å². The average Bonchev–Trinajstić information content (AvgIpc) is 3.21. The minimum Gasteiger partial charge on any atom is -0.467 e. The standard InChI is InChI=1S/C18H19N3O4/c1-12(15-8-5-9-25-15)19-16(22)11-21-17(23)14(20-18(21)24)10-13-6-3-2-4-7-13/h2-9,12,14H,10-11H2,1H3,(H,19,22)(H,20,24). The van der Waals surface area contributed by atoms with Crippen molar-refractivity contribution in [2.24, 2.45) is 0 Å². The average molecular weight is 341 g/mol. The first kappa shape index (κ1) is 16.8. The van der Waals surface area contributed by atoms with E-state index in [-0.39, 0.29) is 12.6 Å². The van der Waals surface area contributed by atoms with E-state index in [0.29, 0.717) is 12.2 Å². The highest BCUT2D eigenvalue weighted by Gasteiger charge is 2.38. The van der Waals surface area contributed by atoms with E-state index in [1.807, 2.05) is 30.3 Å². The molecule has 1 aromatic carbocycles. The zero-order chi connectivity index (χ0) is 17.8. The SMILES string of the molecule is CC(NC(=O)CN1C(=O)NC(Cc2ccccc2)C1=O)c1ccco1. The van der Waals surface area contributed by atoms with Gasteiger partial charge in [0.05, 0.1) is 12.3 Å². The molecule has 0 radical (unpaired) electrons. The van der Waals surface area contributed by atoms with Gasteiger partial charge in [-0.15, -0.1) is 0 Å². The van der Waals surface area contributed by atoms with E-state index in [9.17, 15) is 14.4 Å². The van der Waals surface area contributed by atoms with Crippen LogP contribution in [0.4, 0.5) is 4.79 Å². The number of urea groups is 1. The van der Waals surface area contributed by atoms with Crippen LogP contribution < -0.4 is 10.6 Å². The van der Waals surface area contributed by atoms with Crippen LogP contribution in [0.2, 0.25) is 0 Å². The summed E-state index contributed by atoms with van der Waals surface area (Å²) >= 11 is 0. The van der Waals surface area contributed by atoms with Crippen LogP contribution in [0, 0.1) is 0 Å². The molecule has 4 amide bonds. The van der Waals surface area contributed by atoms with Crippen LogP contribution in [0.5, 0.6) is 0 Å². The molecule has 1 fully saturated rings. The fourth-order valence-electron chi connectivity index (χ4n) is 2.75. The van der Waals surface area contributed by atoms with E-state index < -0.39 is 23.9 Å². The van der Waals surface area contributed by atoms with Crippen molar-refractivity contribution < 1.29 is 18.8 Å². The molecule has 25 heavy (non-hydrogen) atoms. The first-order chi connectivity index (χ1) is 12.0. The molecular weight excluding hydrogens is 322 g/mol. The van der Waals surface area contributed by atoms with Gasteiger partial charge < -0.3 is 15.1 Å². The highest BCUT2D eigenvalue weighted by molar-refractivity contribution is 6.06. The maximum atomic E-state index is 12.4. The topological polar surface area (TPSA) is 91.7 Å². The Morgan fingerprint density at radius 2 is 2.00 bits per heavy atom. The lowest BCUT2D eigenvalue weighted by Crippen LogP contribution is -2.41. The number of hydrogen-bond donors (Lipinski definition) is 2. The number of amides is 4. The van der Waals surface area contributed by atoms with Gasteiger partial charge in [0, 0.05) is 6.42 Å². The predicted octanol–water partition coefficient (Wildman–Crippen LogP) is 1.62. The van der Waals surface area contributed by atoms with E-state index in [1.165, 1.54) is 6.26 Å². The van der Waals surface area contributed by atoms with E-state index >= 15 is 0 Å². The zero-order valence-electron chi connectivity index (χ0n) is 13.8.